The van der Waals surface area contributed by atoms with E-state index >= 15 is 0 Å². The molecule has 30 heavy (non-hydrogen) atoms. The molecular weight excluding hydrogens is 389 g/mol. The van der Waals surface area contributed by atoms with Crippen LogP contribution in [-0.2, 0) is 16.3 Å². The van der Waals surface area contributed by atoms with Crippen LogP contribution in [0.3, 0.4) is 0 Å². The quantitative estimate of drug-likeness (QED) is 0.383. The molecule has 2 aromatic carbocycles. The van der Waals surface area contributed by atoms with Crippen molar-refractivity contribution in [2.24, 2.45) is 0 Å². The number of aromatic amines is 1. The van der Waals surface area contributed by atoms with Crippen LogP contribution in [-0.4, -0.2) is 46.3 Å². The third kappa shape index (κ3) is 3.58. The molecule has 5 N–H and O–H groups in total. The molecule has 0 saturated heterocycles. The van der Waals surface area contributed by atoms with Crippen LogP contribution in [0.5, 0.6) is 0 Å². The van der Waals surface area contributed by atoms with Crippen molar-refractivity contribution in [3.8, 4) is 0 Å². The number of alkyl halides is 1. The van der Waals surface area contributed by atoms with Crippen LogP contribution in [0.15, 0.2) is 48.7 Å². The number of amides is 2. The number of nitrogens with one attached hydrogen (secondary N) is 3. The zero-order valence-corrected chi connectivity index (χ0v) is 15.9. The van der Waals surface area contributed by atoms with Crippen LogP contribution in [0.1, 0.15) is 16.7 Å². The summed E-state index contributed by atoms with van der Waals surface area (Å²) in [6.45, 7) is -0.878. The van der Waals surface area contributed by atoms with Gasteiger partial charge in [0.05, 0.1) is 23.9 Å². The monoisotopic (exact) mass is 409 g/mol. The van der Waals surface area contributed by atoms with Gasteiger partial charge in [0, 0.05) is 34.9 Å². The number of carbonyl (C=O) groups is 2. The zero-order valence-electron chi connectivity index (χ0n) is 15.9. The normalized spacial score (nSPS) is 15.0. The second-order valence-corrected chi connectivity index (χ2v) is 7.05. The van der Waals surface area contributed by atoms with Gasteiger partial charge in [0.1, 0.15) is 6.67 Å². The van der Waals surface area contributed by atoms with Gasteiger partial charge in [-0.2, -0.15) is 0 Å². The minimum Gasteiger partial charge on any atom is -0.394 e. The minimum absolute atomic E-state index is 0.130. The van der Waals surface area contributed by atoms with Crippen LogP contribution in [0, 0.1) is 0 Å². The standard InChI is InChI=1S/C22H20FN3O4/c23-8-12-4-5-18-16(6-12)17(10-25-18)20-19(21(29)26-22(20)30)13-2-1-3-14(7-13)24-9-15(28)11-27/h1-7,10,15,24-25,27-28H,8-9,11H2,(H,26,29,30). The second-order valence-electron chi connectivity index (χ2n) is 7.05. The Morgan fingerprint density at radius 2 is 1.87 bits per heavy atom. The Bertz CT molecular complexity index is 1170. The van der Waals surface area contributed by atoms with Crippen molar-refractivity contribution in [3.63, 3.8) is 0 Å². The highest BCUT2D eigenvalue weighted by molar-refractivity contribution is 6.50. The molecule has 0 aliphatic carbocycles. The second kappa shape index (κ2) is 8.10. The number of aliphatic hydroxyl groups is 2. The molecule has 0 saturated carbocycles. The van der Waals surface area contributed by atoms with Crippen molar-refractivity contribution in [2.45, 2.75) is 12.8 Å². The van der Waals surface area contributed by atoms with E-state index in [1.165, 1.54) is 0 Å². The molecule has 1 aromatic heterocycles. The van der Waals surface area contributed by atoms with E-state index in [0.29, 0.717) is 27.8 Å². The number of imide groups is 1. The van der Waals surface area contributed by atoms with E-state index in [0.717, 1.165) is 5.52 Å². The first-order valence-corrected chi connectivity index (χ1v) is 9.41. The van der Waals surface area contributed by atoms with E-state index in [9.17, 15) is 19.1 Å². The van der Waals surface area contributed by atoms with E-state index in [1.54, 1.807) is 48.7 Å². The highest BCUT2D eigenvalue weighted by Gasteiger charge is 2.33. The van der Waals surface area contributed by atoms with Gasteiger partial charge < -0.3 is 20.5 Å². The lowest BCUT2D eigenvalue weighted by Gasteiger charge is -2.12. The molecule has 7 nitrogen and oxygen atoms in total. The number of carbonyl (C=O) groups excluding carboxylic acids is 2. The molecule has 4 rings (SSSR count). The molecule has 2 heterocycles. The van der Waals surface area contributed by atoms with E-state index < -0.39 is 24.6 Å². The molecule has 0 spiro atoms. The SMILES string of the molecule is O=C1NC(=O)C(c2c[nH]c3ccc(CF)cc23)=C1c1cccc(NCC(O)CO)c1. The fourth-order valence-electron chi connectivity index (χ4n) is 3.53. The smallest absolute Gasteiger partial charge is 0.259 e. The van der Waals surface area contributed by atoms with Gasteiger partial charge in [-0.15, -0.1) is 0 Å². The Morgan fingerprint density at radius 1 is 1.07 bits per heavy atom. The summed E-state index contributed by atoms with van der Waals surface area (Å²) < 4.78 is 13.2. The Labute approximate surface area is 171 Å². The van der Waals surface area contributed by atoms with Crippen molar-refractivity contribution in [1.29, 1.82) is 0 Å². The van der Waals surface area contributed by atoms with Gasteiger partial charge in [-0.3, -0.25) is 14.9 Å². The summed E-state index contributed by atoms with van der Waals surface area (Å²) in [6, 6.07) is 11.9. The Balaban J connectivity index is 1.81. The van der Waals surface area contributed by atoms with Crippen molar-refractivity contribution in [3.05, 3.63) is 65.4 Å². The van der Waals surface area contributed by atoms with E-state index in [1.807, 2.05) is 0 Å². The van der Waals surface area contributed by atoms with Gasteiger partial charge in [0.2, 0.25) is 0 Å². The molecule has 154 valence electrons. The van der Waals surface area contributed by atoms with Crippen molar-refractivity contribution in [1.82, 2.24) is 10.3 Å². The molecule has 2 amide bonds. The Kier molecular flexibility index (Phi) is 5.35. The minimum atomic E-state index is -0.921. The number of aromatic nitrogens is 1. The van der Waals surface area contributed by atoms with Crippen LogP contribution < -0.4 is 10.6 Å². The molecule has 1 unspecified atom stereocenters. The number of hydrogen-bond donors (Lipinski definition) is 5. The number of halogens is 1. The molecule has 0 fully saturated rings. The van der Waals surface area contributed by atoms with Gasteiger partial charge in [-0.25, -0.2) is 4.39 Å². The molecular formula is C22H20FN3O4. The summed E-state index contributed by atoms with van der Waals surface area (Å²) in [5.74, 6) is -1.03. The topological polar surface area (TPSA) is 114 Å². The number of aliphatic hydroxyl groups excluding tert-OH is 2. The molecule has 0 radical (unpaired) electrons. The molecule has 8 heteroatoms. The molecule has 3 aromatic rings. The maximum Gasteiger partial charge on any atom is 0.259 e. The van der Waals surface area contributed by atoms with Crippen LogP contribution in [0.25, 0.3) is 22.0 Å². The highest BCUT2D eigenvalue weighted by atomic mass is 19.1. The van der Waals surface area contributed by atoms with Gasteiger partial charge >= 0.3 is 0 Å². The number of H-pyrrole nitrogens is 1. The number of anilines is 1. The number of hydrogen-bond acceptors (Lipinski definition) is 5. The van der Waals surface area contributed by atoms with Gasteiger partial charge in [0.25, 0.3) is 11.8 Å². The predicted molar refractivity (Wildman–Crippen MR) is 111 cm³/mol. The lowest BCUT2D eigenvalue weighted by atomic mass is 9.95. The maximum absolute atomic E-state index is 13.2. The third-order valence-corrected chi connectivity index (χ3v) is 5.00. The number of fused-ring (bicyclic) bond motifs is 1. The maximum atomic E-state index is 13.2. The lowest BCUT2D eigenvalue weighted by molar-refractivity contribution is -0.122. The van der Waals surface area contributed by atoms with Gasteiger partial charge in [-0.05, 0) is 35.4 Å². The number of rotatable bonds is 7. The van der Waals surface area contributed by atoms with Crippen LogP contribution >= 0.6 is 0 Å². The summed E-state index contributed by atoms with van der Waals surface area (Å²) >= 11 is 0. The number of benzene rings is 2. The Morgan fingerprint density at radius 3 is 2.63 bits per heavy atom. The van der Waals surface area contributed by atoms with Crippen molar-refractivity contribution >= 4 is 39.6 Å². The van der Waals surface area contributed by atoms with E-state index in [4.69, 9.17) is 5.11 Å². The zero-order chi connectivity index (χ0) is 21.3. The summed E-state index contributed by atoms with van der Waals surface area (Å²) in [6.07, 6.45) is 0.718. The summed E-state index contributed by atoms with van der Waals surface area (Å²) in [4.78, 5) is 28.3. The first kappa shape index (κ1) is 19.8. The molecule has 0 bridgehead atoms. The summed E-state index contributed by atoms with van der Waals surface area (Å²) in [5.41, 5.74) is 3.31. The fraction of sp³-hybridized carbons (Fsp3) is 0.182. The summed E-state index contributed by atoms with van der Waals surface area (Å²) in [5, 5.41) is 24.5. The first-order valence-electron chi connectivity index (χ1n) is 9.41. The third-order valence-electron chi connectivity index (χ3n) is 5.00. The molecule has 1 aliphatic rings. The van der Waals surface area contributed by atoms with Gasteiger partial charge in [0.15, 0.2) is 0 Å². The Hall–Kier alpha value is -3.49. The van der Waals surface area contributed by atoms with Crippen molar-refractivity contribution < 1.29 is 24.2 Å². The predicted octanol–water partition coefficient (Wildman–Crippen LogP) is 1.97. The van der Waals surface area contributed by atoms with E-state index in [-0.39, 0.29) is 24.3 Å². The lowest BCUT2D eigenvalue weighted by Crippen LogP contribution is -2.23. The average molecular weight is 409 g/mol. The highest BCUT2D eigenvalue weighted by Crippen LogP contribution is 2.36. The molecule has 1 aliphatic heterocycles. The largest absolute Gasteiger partial charge is 0.394 e. The van der Waals surface area contributed by atoms with E-state index in [2.05, 4.69) is 15.6 Å². The van der Waals surface area contributed by atoms with Crippen LogP contribution in [0.4, 0.5) is 10.1 Å². The van der Waals surface area contributed by atoms with Gasteiger partial charge in [-0.1, -0.05) is 18.2 Å². The van der Waals surface area contributed by atoms with Crippen LogP contribution in [0.2, 0.25) is 0 Å². The fourth-order valence-corrected chi connectivity index (χ4v) is 3.53. The first-order chi connectivity index (χ1) is 14.5. The summed E-state index contributed by atoms with van der Waals surface area (Å²) in [7, 11) is 0. The molecule has 1 atom stereocenters. The average Bonchev–Trinajstić information content (AvgIpc) is 3.30. The van der Waals surface area contributed by atoms with Crippen molar-refractivity contribution in [2.75, 3.05) is 18.5 Å².